The van der Waals surface area contributed by atoms with Gasteiger partial charge in [-0.1, -0.05) is 103 Å². The van der Waals surface area contributed by atoms with Crippen LogP contribution >= 0.6 is 0 Å². The Labute approximate surface area is 250 Å². The summed E-state index contributed by atoms with van der Waals surface area (Å²) in [7, 11) is 0. The number of fused-ring (bicyclic) bond motifs is 6. The number of aromatic nitrogens is 2. The Bertz CT molecular complexity index is 2350. The zero-order valence-electron chi connectivity index (χ0n) is 24.0. The lowest BCUT2D eigenvalue weighted by Crippen LogP contribution is -2.06. The Morgan fingerprint density at radius 2 is 0.977 bits per heavy atom. The van der Waals surface area contributed by atoms with Crippen molar-refractivity contribution in [3.63, 3.8) is 0 Å². The summed E-state index contributed by atoms with van der Waals surface area (Å²) in [6.45, 7) is 6.62. The zero-order chi connectivity index (χ0) is 29.2. The lowest BCUT2D eigenvalue weighted by Gasteiger charge is -2.23. The first-order valence-electron chi connectivity index (χ1n) is 14.6. The van der Waals surface area contributed by atoms with E-state index < -0.39 is 0 Å². The van der Waals surface area contributed by atoms with E-state index in [0.717, 1.165) is 54.7 Å². The van der Waals surface area contributed by atoms with E-state index in [4.69, 9.17) is 11.7 Å². The molecule has 0 aliphatic rings. The molecule has 6 aromatic carbocycles. The van der Waals surface area contributed by atoms with Crippen molar-refractivity contribution >= 4 is 43.6 Å². The Hall–Kier alpha value is -5.48. The third-order valence-corrected chi connectivity index (χ3v) is 8.86. The van der Waals surface area contributed by atoms with Crippen LogP contribution < -0.4 is 11.7 Å². The molecule has 0 aliphatic heterocycles. The van der Waals surface area contributed by atoms with Crippen molar-refractivity contribution in [2.24, 2.45) is 0 Å². The molecule has 0 aliphatic carbocycles. The molecule has 2 aromatic heterocycles. The fourth-order valence-corrected chi connectivity index (χ4v) is 6.83. The first-order chi connectivity index (χ1) is 21.0. The molecule has 0 amide bonds. The molecule has 1 atom stereocenters. The highest BCUT2D eigenvalue weighted by Crippen LogP contribution is 2.44. The van der Waals surface area contributed by atoms with E-state index in [-0.39, 0.29) is 5.92 Å². The normalized spacial score (nSPS) is 12.5. The highest BCUT2D eigenvalue weighted by atomic mass is 15.3. The van der Waals surface area contributed by atoms with Crippen LogP contribution in [0.15, 0.2) is 127 Å². The van der Waals surface area contributed by atoms with Gasteiger partial charge in [0.2, 0.25) is 0 Å². The Kier molecular flexibility index (Phi) is 5.60. The molecule has 4 N–H and O–H groups in total. The van der Waals surface area contributed by atoms with Gasteiger partial charge in [0.25, 0.3) is 0 Å². The largest absolute Gasteiger partial charge is 0.339 e. The number of para-hydroxylation sites is 2. The molecule has 0 fully saturated rings. The number of hydrogen-bond donors (Lipinski definition) is 2. The van der Waals surface area contributed by atoms with Crippen LogP contribution in [0.2, 0.25) is 0 Å². The average Bonchev–Trinajstić information content (AvgIpc) is 3.50. The van der Waals surface area contributed by atoms with Gasteiger partial charge in [-0.3, -0.25) is 9.35 Å². The molecule has 8 rings (SSSR count). The van der Waals surface area contributed by atoms with Crippen LogP contribution in [0.1, 0.15) is 18.4 Å². The van der Waals surface area contributed by atoms with Crippen LogP contribution in [0.5, 0.6) is 0 Å². The monoisotopic (exact) mass is 555 g/mol. The summed E-state index contributed by atoms with van der Waals surface area (Å²) >= 11 is 0. The van der Waals surface area contributed by atoms with Gasteiger partial charge in [-0.2, -0.15) is 0 Å². The van der Waals surface area contributed by atoms with Crippen molar-refractivity contribution in [3.05, 3.63) is 140 Å². The number of nitrogens with zero attached hydrogens (tertiary/aromatic N) is 2. The number of hydrogen-bond acceptors (Lipinski definition) is 2. The molecule has 4 heteroatoms. The quantitative estimate of drug-likeness (QED) is 0.168. The first kappa shape index (κ1) is 25.2. The highest BCUT2D eigenvalue weighted by molar-refractivity contribution is 6.11. The molecule has 0 saturated heterocycles. The van der Waals surface area contributed by atoms with Crippen LogP contribution in [0.4, 0.5) is 0 Å². The number of rotatable bonds is 4. The van der Waals surface area contributed by atoms with E-state index in [2.05, 4.69) is 129 Å². The van der Waals surface area contributed by atoms with Gasteiger partial charge in [0.15, 0.2) is 0 Å². The van der Waals surface area contributed by atoms with E-state index in [1.165, 1.54) is 27.8 Å². The Morgan fingerprint density at radius 1 is 0.488 bits per heavy atom. The van der Waals surface area contributed by atoms with Gasteiger partial charge in [-0.05, 0) is 69.8 Å². The van der Waals surface area contributed by atoms with Gasteiger partial charge in [0.05, 0.1) is 22.1 Å². The molecule has 0 unspecified atom stereocenters. The summed E-state index contributed by atoms with van der Waals surface area (Å²) in [5, 5.41) is 4.59. The van der Waals surface area contributed by atoms with Gasteiger partial charge < -0.3 is 18.6 Å². The summed E-state index contributed by atoms with van der Waals surface area (Å²) in [4.78, 5) is 0. The van der Waals surface area contributed by atoms with Crippen LogP contribution in [-0.2, 0) is 0 Å². The Morgan fingerprint density at radius 3 is 1.60 bits per heavy atom. The molecule has 0 saturated carbocycles. The van der Waals surface area contributed by atoms with Crippen molar-refractivity contribution < 1.29 is 0 Å². The Balaban J connectivity index is 1.38. The number of benzene rings is 6. The van der Waals surface area contributed by atoms with Gasteiger partial charge in [-0.15, -0.1) is 5.92 Å². The second-order valence-electron chi connectivity index (χ2n) is 11.5. The lowest BCUT2D eigenvalue weighted by atomic mass is 9.83. The molecular weight excluding hydrogens is 524 g/mol. The maximum atomic E-state index is 6.52. The van der Waals surface area contributed by atoms with Gasteiger partial charge >= 0.3 is 0 Å². The van der Waals surface area contributed by atoms with Gasteiger partial charge in [0.1, 0.15) is 0 Å². The van der Waals surface area contributed by atoms with Crippen molar-refractivity contribution in [2.45, 2.75) is 12.8 Å². The molecule has 208 valence electrons. The fraction of sp³-hybridized carbons (Fsp3) is 0.0513. The predicted molar refractivity (Wildman–Crippen MR) is 183 cm³/mol. The highest BCUT2D eigenvalue weighted by Gasteiger charge is 2.19. The minimum Gasteiger partial charge on any atom is -0.339 e. The van der Waals surface area contributed by atoms with Crippen molar-refractivity contribution in [2.75, 3.05) is 11.7 Å². The van der Waals surface area contributed by atoms with Crippen LogP contribution in [-0.4, -0.2) is 9.35 Å². The van der Waals surface area contributed by atoms with E-state index in [9.17, 15) is 0 Å². The maximum absolute atomic E-state index is 6.52. The minimum atomic E-state index is 0.0979. The standard InChI is InChI=1S/C39H31N4/c1-24(2)27-14-9-15-32(39(27)26-19-21-38-34(23-26)31-13-6-8-17-36(31)43(38)41)29-11-4-3-10-28(29)25-18-20-37-33(22-25)30-12-5-7-16-35(30)42(37)40/h3-24H,1,40-41H2,2H3/q-1/t24-/m0/s1. The minimum absolute atomic E-state index is 0.0979. The summed E-state index contributed by atoms with van der Waals surface area (Å²) in [6.07, 6.45) is 0. The van der Waals surface area contributed by atoms with E-state index >= 15 is 0 Å². The van der Waals surface area contributed by atoms with Crippen LogP contribution in [0.25, 0.3) is 77.0 Å². The van der Waals surface area contributed by atoms with E-state index in [1.807, 2.05) is 12.1 Å². The second-order valence-corrected chi connectivity index (χ2v) is 11.5. The molecule has 43 heavy (non-hydrogen) atoms. The summed E-state index contributed by atoms with van der Waals surface area (Å²) in [5.41, 5.74) is 12.3. The lowest BCUT2D eigenvalue weighted by molar-refractivity contribution is 0.967. The first-order valence-corrected chi connectivity index (χ1v) is 14.6. The van der Waals surface area contributed by atoms with Gasteiger partial charge in [0, 0.05) is 21.5 Å². The van der Waals surface area contributed by atoms with Crippen LogP contribution in [0, 0.1) is 6.92 Å². The average molecular weight is 556 g/mol. The summed E-state index contributed by atoms with van der Waals surface area (Å²) < 4.78 is 3.57. The third-order valence-electron chi connectivity index (χ3n) is 8.86. The zero-order valence-corrected chi connectivity index (χ0v) is 24.0. The van der Waals surface area contributed by atoms with Gasteiger partial charge in [-0.25, -0.2) is 0 Å². The fourth-order valence-electron chi connectivity index (χ4n) is 6.83. The predicted octanol–water partition coefficient (Wildman–Crippen LogP) is 9.27. The molecule has 0 radical (unpaired) electrons. The summed E-state index contributed by atoms with van der Waals surface area (Å²) in [5.74, 6) is 13.1. The van der Waals surface area contributed by atoms with Crippen molar-refractivity contribution in [3.8, 4) is 33.4 Å². The SMILES string of the molecule is [CH2-][C@@H](C)c1cccc(-c2ccccc2-c2ccc3c(c2)c2ccccc2n3N)c1-c1ccc2c(c1)c1ccccc1n2N. The molecular formula is C39H31N4-. The molecule has 0 bridgehead atoms. The number of nitrogen functional groups attached to an aromatic ring is 2. The number of nitrogens with two attached hydrogens (primary N) is 2. The third kappa shape index (κ3) is 3.76. The van der Waals surface area contributed by atoms with Crippen LogP contribution in [0.3, 0.4) is 0 Å². The topological polar surface area (TPSA) is 61.9 Å². The molecule has 4 nitrogen and oxygen atoms in total. The second kappa shape index (κ2) is 9.53. The summed E-state index contributed by atoms with van der Waals surface area (Å²) in [6, 6.07) is 45.1. The maximum Gasteiger partial charge on any atom is 0.0704 e. The van der Waals surface area contributed by atoms with E-state index in [1.54, 1.807) is 9.35 Å². The molecule has 8 aromatic rings. The van der Waals surface area contributed by atoms with E-state index in [0.29, 0.717) is 0 Å². The smallest absolute Gasteiger partial charge is 0.0704 e. The molecule has 2 heterocycles. The van der Waals surface area contributed by atoms with Crippen molar-refractivity contribution in [1.82, 2.24) is 9.35 Å². The van der Waals surface area contributed by atoms with Crippen molar-refractivity contribution in [1.29, 1.82) is 0 Å². The molecule has 0 spiro atoms.